The number of amides is 1. The summed E-state index contributed by atoms with van der Waals surface area (Å²) >= 11 is 0. The zero-order valence-electron chi connectivity index (χ0n) is 15.7. The van der Waals surface area contributed by atoms with E-state index in [9.17, 15) is 13.2 Å². The molecule has 1 amide bonds. The van der Waals surface area contributed by atoms with E-state index in [4.69, 9.17) is 0 Å². The summed E-state index contributed by atoms with van der Waals surface area (Å²) < 4.78 is 26.8. The standard InChI is InChI=1S/C21H21N3O3S/c1-23(16-17-12-14-22-15-13-17)21(25)18-8-10-20(11-9-18)28(26,27)24(2)19-6-4-3-5-7-19/h3-15H,16H2,1-2H3. The second-order valence-electron chi connectivity index (χ2n) is 6.35. The molecule has 0 bridgehead atoms. The van der Waals surface area contributed by atoms with Crippen LogP contribution in [0.15, 0.2) is 84.0 Å². The Morgan fingerprint density at radius 3 is 2.11 bits per heavy atom. The van der Waals surface area contributed by atoms with Gasteiger partial charge < -0.3 is 4.90 Å². The molecule has 0 atom stereocenters. The predicted octanol–water partition coefficient (Wildman–Crippen LogP) is 3.18. The van der Waals surface area contributed by atoms with Crippen LogP contribution >= 0.6 is 0 Å². The number of benzene rings is 2. The molecule has 0 aliphatic heterocycles. The van der Waals surface area contributed by atoms with E-state index < -0.39 is 10.0 Å². The SMILES string of the molecule is CN(Cc1ccncc1)C(=O)c1ccc(S(=O)(=O)N(C)c2ccccc2)cc1. The maximum absolute atomic E-state index is 12.8. The molecule has 1 heterocycles. The highest BCUT2D eigenvalue weighted by Gasteiger charge is 2.22. The van der Waals surface area contributed by atoms with Crippen LogP contribution in [0.25, 0.3) is 0 Å². The van der Waals surface area contributed by atoms with E-state index in [0.717, 1.165) is 5.56 Å². The van der Waals surface area contributed by atoms with Crippen molar-refractivity contribution in [3.8, 4) is 0 Å². The fourth-order valence-corrected chi connectivity index (χ4v) is 3.95. The highest BCUT2D eigenvalue weighted by Crippen LogP contribution is 2.22. The lowest BCUT2D eigenvalue weighted by Gasteiger charge is -2.20. The lowest BCUT2D eigenvalue weighted by Crippen LogP contribution is -2.27. The third-order valence-corrected chi connectivity index (χ3v) is 6.20. The minimum Gasteiger partial charge on any atom is -0.337 e. The van der Waals surface area contributed by atoms with Crippen molar-refractivity contribution in [2.45, 2.75) is 11.4 Å². The van der Waals surface area contributed by atoms with Crippen molar-refractivity contribution in [2.24, 2.45) is 0 Å². The molecule has 0 saturated heterocycles. The van der Waals surface area contributed by atoms with Crippen LogP contribution in [0.1, 0.15) is 15.9 Å². The summed E-state index contributed by atoms with van der Waals surface area (Å²) in [6.45, 7) is 0.443. The van der Waals surface area contributed by atoms with E-state index in [-0.39, 0.29) is 10.8 Å². The third-order valence-electron chi connectivity index (χ3n) is 4.40. The Hall–Kier alpha value is -3.19. The van der Waals surface area contributed by atoms with Gasteiger partial charge in [0.05, 0.1) is 10.6 Å². The topological polar surface area (TPSA) is 70.6 Å². The van der Waals surface area contributed by atoms with Crippen molar-refractivity contribution in [2.75, 3.05) is 18.4 Å². The van der Waals surface area contributed by atoms with Gasteiger partial charge in [0, 0.05) is 38.6 Å². The summed E-state index contributed by atoms with van der Waals surface area (Å²) in [5, 5.41) is 0. The molecule has 0 unspecified atom stereocenters. The monoisotopic (exact) mass is 395 g/mol. The molecule has 2 aromatic carbocycles. The number of rotatable bonds is 6. The molecule has 0 saturated carbocycles. The van der Waals surface area contributed by atoms with Crippen LogP contribution in [0, 0.1) is 0 Å². The molecule has 6 nitrogen and oxygen atoms in total. The molecule has 0 fully saturated rings. The Bertz CT molecular complexity index is 1040. The van der Waals surface area contributed by atoms with Crippen LogP contribution < -0.4 is 4.31 Å². The molecule has 3 aromatic rings. The summed E-state index contributed by atoms with van der Waals surface area (Å²) in [6.07, 6.45) is 3.35. The van der Waals surface area contributed by atoms with Gasteiger partial charge in [-0.15, -0.1) is 0 Å². The quantitative estimate of drug-likeness (QED) is 0.643. The fourth-order valence-electron chi connectivity index (χ4n) is 2.76. The van der Waals surface area contributed by atoms with Crippen LogP contribution in [0.5, 0.6) is 0 Å². The number of nitrogens with zero attached hydrogens (tertiary/aromatic N) is 3. The van der Waals surface area contributed by atoms with Gasteiger partial charge in [-0.1, -0.05) is 18.2 Å². The van der Waals surface area contributed by atoms with E-state index in [1.165, 1.54) is 35.6 Å². The van der Waals surface area contributed by atoms with E-state index in [0.29, 0.717) is 17.8 Å². The lowest BCUT2D eigenvalue weighted by molar-refractivity contribution is 0.0785. The first-order valence-electron chi connectivity index (χ1n) is 8.68. The number of sulfonamides is 1. The molecule has 0 radical (unpaired) electrons. The smallest absolute Gasteiger partial charge is 0.264 e. The van der Waals surface area contributed by atoms with Gasteiger partial charge in [-0.3, -0.25) is 14.1 Å². The van der Waals surface area contributed by atoms with Crippen molar-refractivity contribution in [3.63, 3.8) is 0 Å². The predicted molar refractivity (Wildman–Crippen MR) is 109 cm³/mol. The van der Waals surface area contributed by atoms with Gasteiger partial charge in [0.15, 0.2) is 0 Å². The van der Waals surface area contributed by atoms with E-state index in [1.807, 2.05) is 18.2 Å². The summed E-state index contributed by atoms with van der Waals surface area (Å²) in [6, 6.07) is 18.5. The number of hydrogen-bond acceptors (Lipinski definition) is 4. The Morgan fingerprint density at radius 2 is 1.50 bits per heavy atom. The van der Waals surface area contributed by atoms with Gasteiger partial charge in [0.25, 0.3) is 15.9 Å². The van der Waals surface area contributed by atoms with Crippen molar-refractivity contribution >= 4 is 21.6 Å². The largest absolute Gasteiger partial charge is 0.337 e. The van der Waals surface area contributed by atoms with Crippen LogP contribution in [-0.2, 0) is 16.6 Å². The summed E-state index contributed by atoms with van der Waals surface area (Å²) in [4.78, 5) is 18.3. The van der Waals surface area contributed by atoms with Crippen molar-refractivity contribution in [3.05, 3.63) is 90.3 Å². The van der Waals surface area contributed by atoms with Crippen molar-refractivity contribution < 1.29 is 13.2 Å². The van der Waals surface area contributed by atoms with Gasteiger partial charge in [0.2, 0.25) is 0 Å². The Morgan fingerprint density at radius 1 is 0.893 bits per heavy atom. The van der Waals surface area contributed by atoms with Crippen LogP contribution in [0.3, 0.4) is 0 Å². The number of hydrogen-bond donors (Lipinski definition) is 0. The molecule has 0 N–H and O–H groups in total. The Balaban J connectivity index is 1.76. The molecule has 3 rings (SSSR count). The maximum Gasteiger partial charge on any atom is 0.264 e. The first-order chi connectivity index (χ1) is 13.4. The molecular weight excluding hydrogens is 374 g/mol. The van der Waals surface area contributed by atoms with Crippen LogP contribution in [0.4, 0.5) is 5.69 Å². The van der Waals surface area contributed by atoms with Gasteiger partial charge in [-0.05, 0) is 54.1 Å². The third kappa shape index (κ3) is 4.20. The highest BCUT2D eigenvalue weighted by molar-refractivity contribution is 7.92. The van der Waals surface area contributed by atoms with Gasteiger partial charge in [0.1, 0.15) is 0 Å². The number of carbonyl (C=O) groups excluding carboxylic acids is 1. The Labute approximate surface area is 165 Å². The maximum atomic E-state index is 12.8. The zero-order chi connectivity index (χ0) is 20.1. The number of pyridine rings is 1. The molecule has 0 aliphatic rings. The first kappa shape index (κ1) is 19.6. The number of anilines is 1. The molecule has 28 heavy (non-hydrogen) atoms. The number of aromatic nitrogens is 1. The zero-order valence-corrected chi connectivity index (χ0v) is 16.5. The average molecular weight is 395 g/mol. The second-order valence-corrected chi connectivity index (χ2v) is 8.32. The summed E-state index contributed by atoms with van der Waals surface area (Å²) in [5.41, 5.74) is 1.96. The molecule has 0 aliphatic carbocycles. The van der Waals surface area contributed by atoms with Crippen molar-refractivity contribution in [1.29, 1.82) is 0 Å². The minimum atomic E-state index is -3.70. The van der Waals surface area contributed by atoms with E-state index in [2.05, 4.69) is 4.98 Å². The summed E-state index contributed by atoms with van der Waals surface area (Å²) in [7, 11) is -0.491. The lowest BCUT2D eigenvalue weighted by atomic mass is 10.2. The van der Waals surface area contributed by atoms with Crippen LogP contribution in [-0.4, -0.2) is 38.3 Å². The minimum absolute atomic E-state index is 0.132. The highest BCUT2D eigenvalue weighted by atomic mass is 32.2. The number of para-hydroxylation sites is 1. The molecule has 0 spiro atoms. The first-order valence-corrected chi connectivity index (χ1v) is 10.1. The molecule has 144 valence electrons. The molecule has 1 aromatic heterocycles. The van der Waals surface area contributed by atoms with Gasteiger partial charge in [-0.2, -0.15) is 0 Å². The average Bonchev–Trinajstić information content (AvgIpc) is 2.74. The summed E-state index contributed by atoms with van der Waals surface area (Å²) in [5.74, 6) is -0.183. The molecular formula is C21H21N3O3S. The normalized spacial score (nSPS) is 11.1. The number of carbonyl (C=O) groups is 1. The fraction of sp³-hybridized carbons (Fsp3) is 0.143. The van der Waals surface area contributed by atoms with Crippen molar-refractivity contribution in [1.82, 2.24) is 9.88 Å². The molecule has 7 heteroatoms. The Kier molecular flexibility index (Phi) is 5.75. The second kappa shape index (κ2) is 8.22. The van der Waals surface area contributed by atoms with E-state index >= 15 is 0 Å². The van der Waals surface area contributed by atoms with Gasteiger partial charge in [-0.25, -0.2) is 8.42 Å². The van der Waals surface area contributed by atoms with Crippen LogP contribution in [0.2, 0.25) is 0 Å². The van der Waals surface area contributed by atoms with E-state index in [1.54, 1.807) is 48.6 Å². The van der Waals surface area contributed by atoms with Gasteiger partial charge >= 0.3 is 0 Å².